The van der Waals surface area contributed by atoms with Crippen molar-refractivity contribution in [3.8, 4) is 11.6 Å². The lowest BCUT2D eigenvalue weighted by Crippen LogP contribution is -2.60. The Morgan fingerprint density at radius 3 is 2.44 bits per heavy atom. The first-order valence-electron chi connectivity index (χ1n) is 20.7. The molecule has 7 atom stereocenters. The summed E-state index contributed by atoms with van der Waals surface area (Å²) >= 11 is 0. The summed E-state index contributed by atoms with van der Waals surface area (Å²) in [7, 11) is 1.19. The van der Waals surface area contributed by atoms with Gasteiger partial charge in [0, 0.05) is 42.9 Å². The third kappa shape index (κ3) is 9.36. The van der Waals surface area contributed by atoms with Crippen LogP contribution < -0.4 is 29.7 Å². The molecule has 2 saturated carbocycles. The highest BCUT2D eigenvalue weighted by Crippen LogP contribution is 2.48. The summed E-state index contributed by atoms with van der Waals surface area (Å²) in [5.41, 5.74) is -3.67. The molecule has 2 aliphatic heterocycles. The molecule has 4 aliphatic rings. The van der Waals surface area contributed by atoms with Gasteiger partial charge in [0.05, 0.1) is 24.6 Å². The number of rotatable bonds is 10. The fraction of sp³-hybridized carbons (Fsp3) is 0.643. The van der Waals surface area contributed by atoms with Crippen molar-refractivity contribution in [1.82, 2.24) is 25.2 Å². The quantitative estimate of drug-likeness (QED) is 0.261. The molecule has 15 nitrogen and oxygen atoms in total. The zero-order chi connectivity index (χ0) is 44.9. The van der Waals surface area contributed by atoms with Gasteiger partial charge in [-0.25, -0.2) is 18.2 Å². The van der Waals surface area contributed by atoms with E-state index in [0.717, 1.165) is 5.69 Å². The number of nitrogens with one attached hydrogen (secondary N) is 3. The summed E-state index contributed by atoms with van der Waals surface area (Å²) in [5, 5.41) is 6.52. The van der Waals surface area contributed by atoms with Crippen LogP contribution in [0.4, 0.5) is 23.7 Å². The number of amides is 4. The second kappa shape index (κ2) is 16.8. The molecule has 19 heteroatoms. The van der Waals surface area contributed by atoms with Gasteiger partial charge in [0.2, 0.25) is 33.3 Å². The molecule has 0 spiro atoms. The van der Waals surface area contributed by atoms with Gasteiger partial charge in [-0.3, -0.25) is 19.1 Å². The number of fused-ring (bicyclic) bond motifs is 3. The molecule has 3 heterocycles. The number of allylic oxidation sites excluding steroid dienone is 1. The first kappa shape index (κ1) is 45.7. The van der Waals surface area contributed by atoms with E-state index in [1.54, 1.807) is 19.9 Å². The molecule has 1 aromatic carbocycles. The van der Waals surface area contributed by atoms with Crippen molar-refractivity contribution < 1.29 is 55.0 Å². The highest BCUT2D eigenvalue weighted by Gasteiger charge is 2.63. The van der Waals surface area contributed by atoms with E-state index in [0.29, 0.717) is 68.9 Å². The molecule has 0 radical (unpaired) electrons. The number of hydrogen-bond donors (Lipinski definition) is 3. The molecule has 0 bridgehead atoms. The van der Waals surface area contributed by atoms with Crippen molar-refractivity contribution in [2.75, 3.05) is 32.6 Å². The third-order valence-electron chi connectivity index (χ3n) is 12.7. The minimum absolute atomic E-state index is 0.0381. The number of halogens is 3. The number of sulfonamides is 1. The predicted octanol–water partition coefficient (Wildman–Crippen LogP) is 5.37. The monoisotopic (exact) mass is 878 g/mol. The molecule has 6 rings (SSSR count). The Balaban J connectivity index is 1.38. The predicted molar refractivity (Wildman–Crippen MR) is 220 cm³/mol. The van der Waals surface area contributed by atoms with Gasteiger partial charge in [0.25, 0.3) is 5.91 Å². The molecule has 0 unspecified atom stereocenters. The number of aromatic nitrogens is 1. The lowest BCUT2D eigenvalue weighted by molar-refractivity contribution is -0.244. The Hall–Kier alpha value is -4.81. The van der Waals surface area contributed by atoms with Gasteiger partial charge in [-0.2, -0.15) is 13.2 Å². The zero-order valence-electron chi connectivity index (χ0n) is 35.9. The number of ether oxygens (including phenoxy) is 3. The maximum absolute atomic E-state index is 15.0. The first-order chi connectivity index (χ1) is 28.5. The van der Waals surface area contributed by atoms with Gasteiger partial charge in [-0.15, -0.1) is 0 Å². The molecule has 1 saturated heterocycles. The molecule has 3 fully saturated rings. The van der Waals surface area contributed by atoms with E-state index < -0.39 is 85.9 Å². The van der Waals surface area contributed by atoms with Crippen LogP contribution in [0.5, 0.6) is 11.6 Å². The second-order valence-electron chi connectivity index (χ2n) is 17.9. The first-order valence-corrected chi connectivity index (χ1v) is 22.2. The average molecular weight is 879 g/mol. The van der Waals surface area contributed by atoms with Crippen LogP contribution in [0.2, 0.25) is 0 Å². The molecule has 2 aromatic rings. The summed E-state index contributed by atoms with van der Waals surface area (Å²) in [6, 6.07) is 2.80. The van der Waals surface area contributed by atoms with Gasteiger partial charge in [0.1, 0.15) is 29.5 Å². The van der Waals surface area contributed by atoms with E-state index in [2.05, 4.69) is 20.3 Å². The fourth-order valence-corrected chi connectivity index (χ4v) is 9.44. The lowest BCUT2D eigenvalue weighted by atomic mass is 9.85. The van der Waals surface area contributed by atoms with Crippen molar-refractivity contribution in [2.24, 2.45) is 17.8 Å². The van der Waals surface area contributed by atoms with Gasteiger partial charge in [-0.1, -0.05) is 32.4 Å². The summed E-state index contributed by atoms with van der Waals surface area (Å²) in [6.07, 6.45) is 0.496. The minimum Gasteiger partial charge on any atom is -0.494 e. The number of benzene rings is 1. The summed E-state index contributed by atoms with van der Waals surface area (Å²) in [6.45, 7) is 6.48. The van der Waals surface area contributed by atoms with E-state index in [-0.39, 0.29) is 31.2 Å². The Morgan fingerprint density at radius 2 is 1.82 bits per heavy atom. The van der Waals surface area contributed by atoms with Crippen molar-refractivity contribution in [2.45, 2.75) is 126 Å². The highest BCUT2D eigenvalue weighted by molar-refractivity contribution is 7.91. The van der Waals surface area contributed by atoms with Crippen molar-refractivity contribution in [1.29, 1.82) is 0 Å². The summed E-state index contributed by atoms with van der Waals surface area (Å²) in [5.74, 6) is -2.97. The molecule has 2 aliphatic carbocycles. The van der Waals surface area contributed by atoms with Crippen LogP contribution in [0, 0.1) is 17.8 Å². The number of hydrogen-bond acceptors (Lipinski definition) is 11. The number of alkyl halides is 3. The SMILES string of the molecule is CC[C@@H]1C[C@H](C)CC/C=C\[C@@H]2C[C@@]2(C(=O)NS(=O)(=O)C2(C)CC2)NC(=O)[C@@H]2C[C@@H](Oc3ncc(OC)c4cc(N(C)C)ccc34)CN2C(=O)[C@H]1NC(=O)OC(C)(C)C(F)(F)F. The molecular weight excluding hydrogens is 822 g/mol. The fourth-order valence-electron chi connectivity index (χ4n) is 8.13. The van der Waals surface area contributed by atoms with Crippen LogP contribution in [-0.4, -0.2) is 110 Å². The zero-order valence-corrected chi connectivity index (χ0v) is 36.7. The minimum atomic E-state index is -4.92. The summed E-state index contributed by atoms with van der Waals surface area (Å²) in [4.78, 5) is 64.5. The van der Waals surface area contributed by atoms with Crippen LogP contribution in [-0.2, 0) is 29.1 Å². The molecule has 1 aromatic heterocycles. The van der Waals surface area contributed by atoms with Gasteiger partial charge in [0.15, 0.2) is 0 Å². The molecule has 61 heavy (non-hydrogen) atoms. The van der Waals surface area contributed by atoms with Crippen LogP contribution in [0.25, 0.3) is 10.8 Å². The molecule has 4 amide bonds. The number of alkyl carbamates (subject to hydrolysis) is 1. The molecule has 3 N–H and O–H groups in total. The average Bonchev–Trinajstić information content (AvgIpc) is 4.06. The smallest absolute Gasteiger partial charge is 0.427 e. The highest BCUT2D eigenvalue weighted by atomic mass is 32.2. The van der Waals surface area contributed by atoms with Crippen molar-refractivity contribution >= 4 is 50.3 Å². The largest absolute Gasteiger partial charge is 0.494 e. The van der Waals surface area contributed by atoms with Crippen LogP contribution >= 0.6 is 0 Å². The number of carbonyl (C=O) groups excluding carboxylic acids is 4. The van der Waals surface area contributed by atoms with E-state index in [1.807, 2.05) is 50.2 Å². The third-order valence-corrected chi connectivity index (χ3v) is 14.9. The van der Waals surface area contributed by atoms with Gasteiger partial charge < -0.3 is 34.6 Å². The number of methoxy groups -OCH3 is 1. The number of nitrogens with zero attached hydrogens (tertiary/aromatic N) is 3. The normalized spacial score (nSPS) is 28.5. The maximum Gasteiger partial charge on any atom is 0.427 e. The van der Waals surface area contributed by atoms with Crippen LogP contribution in [0.1, 0.15) is 86.0 Å². The second-order valence-corrected chi connectivity index (χ2v) is 20.1. The van der Waals surface area contributed by atoms with Crippen molar-refractivity contribution in [3.05, 3.63) is 36.5 Å². The Labute approximate surface area is 354 Å². The maximum atomic E-state index is 15.0. The Morgan fingerprint density at radius 1 is 1.11 bits per heavy atom. The van der Waals surface area contributed by atoms with Crippen molar-refractivity contribution in [3.63, 3.8) is 0 Å². The Bertz CT molecular complexity index is 2180. The van der Waals surface area contributed by atoms with E-state index in [1.165, 1.54) is 18.2 Å². The molecular formula is C42H57F3N6O9S. The van der Waals surface area contributed by atoms with Gasteiger partial charge in [-0.05, 0) is 89.3 Å². The topological polar surface area (TPSA) is 186 Å². The molecule has 336 valence electrons. The number of pyridine rings is 1. The van der Waals surface area contributed by atoms with E-state index >= 15 is 0 Å². The summed E-state index contributed by atoms with van der Waals surface area (Å²) < 4.78 is 86.0. The van der Waals surface area contributed by atoms with Gasteiger partial charge >= 0.3 is 12.3 Å². The standard InChI is InChI=1S/C42H57F3N6O9S/c1-9-25-18-24(2)12-10-11-13-26-21-41(26,37(54)49-61(56,57)40(5)16-17-40)48-34(52)31-20-28(23-51(31)36(53)33(25)47-38(55)60-39(3,4)42(43,44)45)59-35-29-15-14-27(50(6)7)19-30(29)32(58-8)22-46-35/h11,13-15,19,22,24-26,28,31,33H,9-10,12,16-18,20-21,23H2,1-8H3,(H,47,55)(H,48,52)(H,49,54)/b13-11-/t24-,25-,26-,28-,31+,33+,41-/m1/s1. The van der Waals surface area contributed by atoms with Crippen LogP contribution in [0.3, 0.4) is 0 Å². The Kier molecular flexibility index (Phi) is 12.6. The van der Waals surface area contributed by atoms with E-state index in [4.69, 9.17) is 14.2 Å². The van der Waals surface area contributed by atoms with E-state index in [9.17, 15) is 40.8 Å². The lowest BCUT2D eigenvalue weighted by Gasteiger charge is -2.35. The van der Waals surface area contributed by atoms with Crippen LogP contribution in [0.15, 0.2) is 36.5 Å². The number of carbonyl (C=O) groups is 4. The number of anilines is 1.